The molecule has 0 N–H and O–H groups in total. The van der Waals surface area contributed by atoms with Crippen LogP contribution in [0.3, 0.4) is 0 Å². The highest BCUT2D eigenvalue weighted by atomic mass is 32.1. The van der Waals surface area contributed by atoms with Gasteiger partial charge in [-0.1, -0.05) is 6.92 Å². The fourth-order valence-electron chi connectivity index (χ4n) is 1.19. The van der Waals surface area contributed by atoms with E-state index in [2.05, 4.69) is 0 Å². The Kier molecular flexibility index (Phi) is 3.90. The van der Waals surface area contributed by atoms with E-state index >= 15 is 0 Å². The number of Topliss-reactive ketones (excluding diaryl/α,β-unsaturated/α-hetero) is 1. The Morgan fingerprint density at radius 2 is 2.07 bits per heavy atom. The third-order valence-electron chi connectivity index (χ3n) is 1.84. The topological polar surface area (TPSA) is 17.1 Å². The molecular weight excluding hydrogens is 225 g/mol. The molecule has 15 heavy (non-hydrogen) atoms. The minimum absolute atomic E-state index is 0.00641. The average Bonchev–Trinajstić information content (AvgIpc) is 2.52. The Balaban J connectivity index is 2.65. The van der Waals surface area contributed by atoms with Gasteiger partial charge in [0.25, 0.3) is 0 Å². The number of carbonyl (C=O) groups excluding carboxylic acids is 1. The lowest BCUT2D eigenvalue weighted by atomic mass is 10.1. The highest BCUT2D eigenvalue weighted by Crippen LogP contribution is 2.34. The minimum Gasteiger partial charge on any atom is -0.299 e. The van der Waals surface area contributed by atoms with E-state index in [4.69, 9.17) is 0 Å². The van der Waals surface area contributed by atoms with Gasteiger partial charge in [0.1, 0.15) is 10.7 Å². The first-order valence-corrected chi connectivity index (χ1v) is 5.42. The summed E-state index contributed by atoms with van der Waals surface area (Å²) in [4.78, 5) is 11.0. The lowest BCUT2D eigenvalue weighted by molar-refractivity contribution is -0.134. The summed E-state index contributed by atoms with van der Waals surface area (Å²) in [6.45, 7) is 1.87. The first kappa shape index (κ1) is 12.2. The summed E-state index contributed by atoms with van der Waals surface area (Å²) in [5.41, 5.74) is 0. The maximum Gasteiger partial charge on any atom is 0.425 e. The fraction of sp³-hybridized carbons (Fsp3) is 0.500. The molecule has 0 bridgehead atoms. The van der Waals surface area contributed by atoms with Crippen LogP contribution in [0.5, 0.6) is 0 Å². The van der Waals surface area contributed by atoms with Crippen molar-refractivity contribution in [2.75, 3.05) is 0 Å². The summed E-state index contributed by atoms with van der Waals surface area (Å²) < 4.78 is 36.6. The van der Waals surface area contributed by atoms with Gasteiger partial charge in [-0.15, -0.1) is 11.3 Å². The first-order chi connectivity index (χ1) is 6.93. The standard InChI is InChI=1S/C10H11F3OS/c1-2-3-7(14)6-8-4-5-9(15-8)10(11,12)13/h4-5H,2-3,6H2,1H3. The molecular formula is C10H11F3OS. The number of ketones is 1. The number of carbonyl (C=O) groups is 1. The molecule has 1 aromatic rings. The van der Waals surface area contributed by atoms with Crippen molar-refractivity contribution in [1.82, 2.24) is 0 Å². The number of thiophene rings is 1. The molecule has 1 heterocycles. The molecule has 0 aromatic carbocycles. The second kappa shape index (κ2) is 4.79. The van der Waals surface area contributed by atoms with Crippen molar-refractivity contribution in [3.63, 3.8) is 0 Å². The van der Waals surface area contributed by atoms with Crippen LogP contribution in [0, 0.1) is 0 Å². The minimum atomic E-state index is -4.29. The molecule has 0 amide bonds. The van der Waals surface area contributed by atoms with E-state index < -0.39 is 11.1 Å². The normalized spacial score (nSPS) is 11.7. The molecule has 0 spiro atoms. The predicted molar refractivity (Wildman–Crippen MR) is 52.9 cm³/mol. The Labute approximate surface area is 89.9 Å². The van der Waals surface area contributed by atoms with Gasteiger partial charge in [-0.05, 0) is 18.6 Å². The zero-order valence-corrected chi connectivity index (χ0v) is 9.04. The number of rotatable bonds is 4. The van der Waals surface area contributed by atoms with Gasteiger partial charge < -0.3 is 0 Å². The van der Waals surface area contributed by atoms with Gasteiger partial charge in [0.15, 0.2) is 0 Å². The fourth-order valence-corrected chi connectivity index (χ4v) is 2.09. The van der Waals surface area contributed by atoms with E-state index in [0.717, 1.165) is 12.5 Å². The summed E-state index contributed by atoms with van der Waals surface area (Å²) >= 11 is 0.648. The van der Waals surface area contributed by atoms with Crippen LogP contribution in [0.1, 0.15) is 29.5 Å². The maximum atomic E-state index is 12.2. The molecule has 0 radical (unpaired) electrons. The molecule has 0 atom stereocenters. The van der Waals surface area contributed by atoms with Crippen LogP contribution in [0.4, 0.5) is 13.2 Å². The van der Waals surface area contributed by atoms with Crippen LogP contribution in [0.15, 0.2) is 12.1 Å². The summed E-state index contributed by atoms with van der Waals surface area (Å²) in [6.07, 6.45) is -3.01. The van der Waals surface area contributed by atoms with Crippen LogP contribution < -0.4 is 0 Å². The second-order valence-electron chi connectivity index (χ2n) is 3.23. The lowest BCUT2D eigenvalue weighted by Gasteiger charge is -2.00. The highest BCUT2D eigenvalue weighted by Gasteiger charge is 2.32. The van der Waals surface area contributed by atoms with Crippen LogP contribution >= 0.6 is 11.3 Å². The van der Waals surface area contributed by atoms with Crippen molar-refractivity contribution in [2.45, 2.75) is 32.4 Å². The molecule has 0 saturated heterocycles. The van der Waals surface area contributed by atoms with E-state index in [9.17, 15) is 18.0 Å². The van der Waals surface area contributed by atoms with Gasteiger partial charge in [0.05, 0.1) is 0 Å². The Morgan fingerprint density at radius 3 is 2.53 bits per heavy atom. The van der Waals surface area contributed by atoms with Crippen LogP contribution in [0.25, 0.3) is 0 Å². The van der Waals surface area contributed by atoms with E-state index in [1.165, 1.54) is 6.07 Å². The third kappa shape index (κ3) is 3.66. The van der Waals surface area contributed by atoms with Crippen molar-refractivity contribution >= 4 is 17.1 Å². The van der Waals surface area contributed by atoms with Gasteiger partial charge in [-0.3, -0.25) is 4.79 Å². The zero-order valence-electron chi connectivity index (χ0n) is 8.23. The van der Waals surface area contributed by atoms with Gasteiger partial charge >= 0.3 is 6.18 Å². The molecule has 1 aromatic heterocycles. The number of halogens is 3. The molecule has 0 unspecified atom stereocenters. The highest BCUT2D eigenvalue weighted by molar-refractivity contribution is 7.12. The first-order valence-electron chi connectivity index (χ1n) is 4.61. The molecule has 0 aliphatic carbocycles. The average molecular weight is 236 g/mol. The van der Waals surface area contributed by atoms with Gasteiger partial charge in [0, 0.05) is 17.7 Å². The van der Waals surface area contributed by atoms with E-state index in [1.807, 2.05) is 6.92 Å². The van der Waals surface area contributed by atoms with Gasteiger partial charge in [-0.25, -0.2) is 0 Å². The second-order valence-corrected chi connectivity index (χ2v) is 4.40. The lowest BCUT2D eigenvalue weighted by Crippen LogP contribution is -2.01. The molecule has 84 valence electrons. The van der Waals surface area contributed by atoms with E-state index in [0.29, 0.717) is 22.6 Å². The van der Waals surface area contributed by atoms with Crippen LogP contribution in [-0.4, -0.2) is 5.78 Å². The Hall–Kier alpha value is -0.840. The Bertz CT molecular complexity index is 341. The zero-order chi connectivity index (χ0) is 11.5. The number of hydrogen-bond acceptors (Lipinski definition) is 2. The number of hydrogen-bond donors (Lipinski definition) is 0. The quantitative estimate of drug-likeness (QED) is 0.779. The van der Waals surface area contributed by atoms with E-state index in [-0.39, 0.29) is 12.2 Å². The van der Waals surface area contributed by atoms with Crippen LogP contribution in [0.2, 0.25) is 0 Å². The van der Waals surface area contributed by atoms with Crippen molar-refractivity contribution < 1.29 is 18.0 Å². The van der Waals surface area contributed by atoms with Gasteiger partial charge in [0.2, 0.25) is 0 Å². The maximum absolute atomic E-state index is 12.2. The summed E-state index contributed by atoms with van der Waals surface area (Å²) in [7, 11) is 0. The smallest absolute Gasteiger partial charge is 0.299 e. The van der Waals surface area contributed by atoms with Crippen molar-refractivity contribution in [3.05, 3.63) is 21.9 Å². The van der Waals surface area contributed by atoms with Crippen LogP contribution in [-0.2, 0) is 17.4 Å². The van der Waals surface area contributed by atoms with E-state index in [1.54, 1.807) is 0 Å². The SMILES string of the molecule is CCCC(=O)Cc1ccc(C(F)(F)F)s1. The molecule has 0 saturated carbocycles. The molecule has 1 nitrogen and oxygen atoms in total. The molecule has 0 aliphatic heterocycles. The molecule has 0 aliphatic rings. The monoisotopic (exact) mass is 236 g/mol. The summed E-state index contributed by atoms with van der Waals surface area (Å²) in [5.74, 6) is -0.00641. The van der Waals surface area contributed by atoms with Crippen molar-refractivity contribution in [3.8, 4) is 0 Å². The third-order valence-corrected chi connectivity index (χ3v) is 2.97. The molecule has 1 rings (SSSR count). The Morgan fingerprint density at radius 1 is 1.40 bits per heavy atom. The summed E-state index contributed by atoms with van der Waals surface area (Å²) in [6, 6.07) is 2.40. The predicted octanol–water partition coefficient (Wildman–Crippen LogP) is 3.68. The van der Waals surface area contributed by atoms with Crippen molar-refractivity contribution in [1.29, 1.82) is 0 Å². The summed E-state index contributed by atoms with van der Waals surface area (Å²) in [5, 5.41) is 0. The number of alkyl halides is 3. The van der Waals surface area contributed by atoms with Crippen molar-refractivity contribution in [2.24, 2.45) is 0 Å². The largest absolute Gasteiger partial charge is 0.425 e. The molecule has 0 fully saturated rings. The molecule has 5 heteroatoms. The van der Waals surface area contributed by atoms with Gasteiger partial charge in [-0.2, -0.15) is 13.2 Å².